The van der Waals surface area contributed by atoms with Crippen molar-refractivity contribution in [2.45, 2.75) is 6.42 Å². The molecule has 0 atom stereocenters. The van der Waals surface area contributed by atoms with Crippen molar-refractivity contribution in [3.63, 3.8) is 0 Å². The summed E-state index contributed by atoms with van der Waals surface area (Å²) in [5.74, 6) is 0. The lowest BCUT2D eigenvalue weighted by Crippen LogP contribution is -1.51. The van der Waals surface area contributed by atoms with Gasteiger partial charge in [-0.15, -0.1) is 5.73 Å². The molecule has 0 nitrogen and oxygen atoms in total. The summed E-state index contributed by atoms with van der Waals surface area (Å²) in [6.45, 7) is 6.94. The van der Waals surface area contributed by atoms with Gasteiger partial charge in [0.25, 0.3) is 0 Å². The fourth-order valence-corrected chi connectivity index (χ4v) is 0.326. The smallest absolute Gasteiger partial charge is 0.00900 e. The topological polar surface area (TPSA) is 0 Å². The quantitative estimate of drug-likeness (QED) is 0.383. The van der Waals surface area contributed by atoms with Crippen LogP contribution in [-0.4, -0.2) is 0 Å². The van der Waals surface area contributed by atoms with Gasteiger partial charge in [0.15, 0.2) is 0 Å². The lowest BCUT2D eigenvalue weighted by atomic mass is 10.3. The number of rotatable bonds is 3. The minimum Gasteiger partial charge on any atom is -0.133 e. The minimum atomic E-state index is 0.898. The van der Waals surface area contributed by atoms with E-state index in [2.05, 4.69) is 18.9 Å². The second-order valence-electron chi connectivity index (χ2n) is 1.31. The Morgan fingerprint density at radius 2 is 2.25 bits per heavy atom. The molecule has 0 bridgehead atoms. The molecule has 0 aliphatic carbocycles. The van der Waals surface area contributed by atoms with Crippen molar-refractivity contribution in [3.8, 4) is 0 Å². The van der Waals surface area contributed by atoms with Crippen molar-refractivity contribution in [1.29, 1.82) is 0 Å². The summed E-state index contributed by atoms with van der Waals surface area (Å²) in [6, 6.07) is 0. The molecule has 0 amide bonds. The minimum absolute atomic E-state index is 0.898. The van der Waals surface area contributed by atoms with Gasteiger partial charge in [0.1, 0.15) is 0 Å². The molecule has 0 fully saturated rings. The van der Waals surface area contributed by atoms with Crippen molar-refractivity contribution < 1.29 is 0 Å². The van der Waals surface area contributed by atoms with Crippen molar-refractivity contribution >= 4 is 0 Å². The Kier molecular flexibility index (Phi) is 5.25. The van der Waals surface area contributed by atoms with E-state index in [1.807, 2.05) is 18.2 Å². The Hall–Kier alpha value is -1.00. The first-order valence-electron chi connectivity index (χ1n) is 2.53. The fourth-order valence-electron chi connectivity index (χ4n) is 0.326. The summed E-state index contributed by atoms with van der Waals surface area (Å²) >= 11 is 0. The summed E-state index contributed by atoms with van der Waals surface area (Å²) < 4.78 is 0. The van der Waals surface area contributed by atoms with E-state index in [1.165, 1.54) is 0 Å². The van der Waals surface area contributed by atoms with Gasteiger partial charge in [0, 0.05) is 0 Å². The summed E-state index contributed by atoms with van der Waals surface area (Å²) in [5, 5.41) is 0. The van der Waals surface area contributed by atoms with Crippen molar-refractivity contribution in [3.05, 3.63) is 43.2 Å². The van der Waals surface area contributed by atoms with Crippen molar-refractivity contribution in [2.75, 3.05) is 0 Å². The highest BCUT2D eigenvalue weighted by Crippen LogP contribution is 1.82. The second-order valence-corrected chi connectivity index (χ2v) is 1.31. The maximum absolute atomic E-state index is 3.52. The molecule has 8 heavy (non-hydrogen) atoms. The molecular weight excluding hydrogens is 96.1 g/mol. The normalized spacial score (nSPS) is 8.50. The number of allylic oxidation sites excluding steroid dienone is 4. The average molecular weight is 106 g/mol. The molecule has 0 saturated heterocycles. The monoisotopic (exact) mass is 106 g/mol. The van der Waals surface area contributed by atoms with Crippen molar-refractivity contribution in [2.24, 2.45) is 0 Å². The predicted octanol–water partition coefficient (Wildman–Crippen LogP) is 2.46. The molecule has 0 heterocycles. The van der Waals surface area contributed by atoms with E-state index >= 15 is 0 Å². The van der Waals surface area contributed by atoms with Gasteiger partial charge >= 0.3 is 0 Å². The zero-order chi connectivity index (χ0) is 6.24. The highest BCUT2D eigenvalue weighted by molar-refractivity contribution is 5.00. The number of hydrogen-bond acceptors (Lipinski definition) is 0. The molecule has 0 radical (unpaired) electrons. The first-order valence-corrected chi connectivity index (χ1v) is 2.53. The van der Waals surface area contributed by atoms with E-state index in [0.717, 1.165) is 6.42 Å². The standard InChI is InChI=1S/C8H10/c1-3-5-7-8-6-4-2/h3,5-7H,1-2,8H2. The molecule has 0 spiro atoms. The van der Waals surface area contributed by atoms with Gasteiger partial charge in [-0.25, -0.2) is 0 Å². The molecule has 0 rings (SSSR count). The molecule has 0 unspecified atom stereocenters. The van der Waals surface area contributed by atoms with Crippen LogP contribution in [-0.2, 0) is 0 Å². The molecule has 0 saturated carbocycles. The molecule has 0 aromatic carbocycles. The number of hydrogen-bond donors (Lipinski definition) is 0. The third-order valence-corrected chi connectivity index (χ3v) is 0.670. The van der Waals surface area contributed by atoms with E-state index in [4.69, 9.17) is 0 Å². The van der Waals surface area contributed by atoms with Crippen LogP contribution in [0.5, 0.6) is 0 Å². The van der Waals surface area contributed by atoms with Crippen LogP contribution >= 0.6 is 0 Å². The predicted molar refractivity (Wildman–Crippen MR) is 37.7 cm³/mol. The van der Waals surface area contributed by atoms with Gasteiger partial charge in [-0.1, -0.05) is 31.4 Å². The third-order valence-electron chi connectivity index (χ3n) is 0.670. The summed E-state index contributed by atoms with van der Waals surface area (Å²) in [4.78, 5) is 0. The van der Waals surface area contributed by atoms with E-state index in [0.29, 0.717) is 0 Å². The van der Waals surface area contributed by atoms with Crippen LogP contribution in [0, 0.1) is 0 Å². The van der Waals surface area contributed by atoms with E-state index < -0.39 is 0 Å². The molecule has 0 aliphatic heterocycles. The summed E-state index contributed by atoms with van der Waals surface area (Å²) in [7, 11) is 0. The van der Waals surface area contributed by atoms with Gasteiger partial charge in [-0.3, -0.25) is 0 Å². The zero-order valence-corrected chi connectivity index (χ0v) is 4.93. The van der Waals surface area contributed by atoms with Crippen LogP contribution in [0.2, 0.25) is 0 Å². The highest BCUT2D eigenvalue weighted by Gasteiger charge is 1.62. The molecule has 0 aliphatic rings. The van der Waals surface area contributed by atoms with Crippen LogP contribution in [0.1, 0.15) is 6.42 Å². The first kappa shape index (κ1) is 7.00. The Morgan fingerprint density at radius 1 is 1.50 bits per heavy atom. The van der Waals surface area contributed by atoms with E-state index in [9.17, 15) is 0 Å². The Morgan fingerprint density at radius 3 is 2.75 bits per heavy atom. The third kappa shape index (κ3) is 5.00. The average Bonchev–Trinajstić information content (AvgIpc) is 1.81. The van der Waals surface area contributed by atoms with E-state index in [1.54, 1.807) is 6.08 Å². The first-order chi connectivity index (χ1) is 3.91. The van der Waals surface area contributed by atoms with Crippen molar-refractivity contribution in [1.82, 2.24) is 0 Å². The van der Waals surface area contributed by atoms with Crippen LogP contribution < -0.4 is 0 Å². The molecule has 0 aromatic heterocycles. The molecule has 0 aromatic rings. The fraction of sp³-hybridized carbons (Fsp3) is 0.125. The van der Waals surface area contributed by atoms with Gasteiger partial charge in [-0.2, -0.15) is 0 Å². The Bertz CT molecular complexity index is 123. The molecule has 42 valence electrons. The SMILES string of the molecule is C=C=CCC=CC=C. The lowest BCUT2D eigenvalue weighted by molar-refractivity contribution is 1.40. The molecular formula is C8H10. The van der Waals surface area contributed by atoms with Gasteiger partial charge in [0.05, 0.1) is 0 Å². The van der Waals surface area contributed by atoms with E-state index in [-0.39, 0.29) is 0 Å². The maximum atomic E-state index is 3.52. The van der Waals surface area contributed by atoms with Crippen LogP contribution in [0.3, 0.4) is 0 Å². The molecule has 0 N–H and O–H groups in total. The van der Waals surface area contributed by atoms with Crippen LogP contribution in [0.4, 0.5) is 0 Å². The Labute approximate surface area is 50.5 Å². The van der Waals surface area contributed by atoms with Gasteiger partial charge in [0.2, 0.25) is 0 Å². The highest BCUT2D eigenvalue weighted by atomic mass is 13.7. The largest absolute Gasteiger partial charge is 0.133 e. The lowest BCUT2D eigenvalue weighted by Gasteiger charge is -1.71. The summed E-state index contributed by atoms with van der Waals surface area (Å²) in [5.41, 5.74) is 2.67. The van der Waals surface area contributed by atoms with Gasteiger partial charge < -0.3 is 0 Å². The molecule has 0 heteroatoms. The van der Waals surface area contributed by atoms with Crippen LogP contribution in [0.25, 0.3) is 0 Å². The van der Waals surface area contributed by atoms with Gasteiger partial charge in [-0.05, 0) is 12.5 Å². The zero-order valence-electron chi connectivity index (χ0n) is 4.93. The second kappa shape index (κ2) is 6.00. The Balaban J connectivity index is 3.29. The summed E-state index contributed by atoms with van der Waals surface area (Å²) in [6.07, 6.45) is 8.39. The maximum Gasteiger partial charge on any atom is -0.00900 e. The van der Waals surface area contributed by atoms with Crippen LogP contribution in [0.15, 0.2) is 43.2 Å².